The number of hydrogen-bond donors (Lipinski definition) is 1. The average Bonchev–Trinajstić information content (AvgIpc) is 3.02. The summed E-state index contributed by atoms with van der Waals surface area (Å²) in [4.78, 5) is 19.3. The molecule has 2 aromatic heterocycles. The zero-order valence-corrected chi connectivity index (χ0v) is 14.0. The van der Waals surface area contributed by atoms with Gasteiger partial charge in [0.05, 0.1) is 11.6 Å². The molecule has 0 saturated carbocycles. The summed E-state index contributed by atoms with van der Waals surface area (Å²) < 4.78 is 0. The van der Waals surface area contributed by atoms with Gasteiger partial charge in [0.2, 0.25) is 5.91 Å². The van der Waals surface area contributed by atoms with Crippen LogP contribution in [0.3, 0.4) is 0 Å². The molecule has 0 aliphatic carbocycles. The van der Waals surface area contributed by atoms with Crippen LogP contribution in [0.15, 0.2) is 28.6 Å². The fourth-order valence-electron chi connectivity index (χ4n) is 2.55. The average molecular weight is 325 g/mol. The van der Waals surface area contributed by atoms with Crippen molar-refractivity contribution in [1.29, 1.82) is 0 Å². The number of carbonyl (C=O) groups excluding carboxylic acids is 1. The van der Waals surface area contributed by atoms with E-state index in [1.165, 1.54) is 16.2 Å². The lowest BCUT2D eigenvalue weighted by Crippen LogP contribution is -2.52. The summed E-state index contributed by atoms with van der Waals surface area (Å²) in [5.41, 5.74) is 7.25. The smallest absolute Gasteiger partial charge is 0.234 e. The molecule has 1 amide bonds. The lowest BCUT2D eigenvalue weighted by Gasteiger charge is -2.37. The topological polar surface area (TPSA) is 84.5 Å². The second-order valence-corrected chi connectivity index (χ2v) is 6.69. The number of amides is 1. The third-order valence-corrected chi connectivity index (χ3v) is 5.47. The first kappa shape index (κ1) is 15.7. The molecule has 2 atom stereocenters. The molecular formula is C15H16BN5OS. The van der Waals surface area contributed by atoms with Crippen molar-refractivity contribution >= 4 is 36.6 Å². The van der Waals surface area contributed by atoms with Gasteiger partial charge in [0, 0.05) is 28.5 Å². The number of aliphatic imine (C=N–C) groups is 1. The van der Waals surface area contributed by atoms with Gasteiger partial charge in [-0.2, -0.15) is 10.2 Å². The summed E-state index contributed by atoms with van der Waals surface area (Å²) in [6, 6.07) is 5.51. The van der Waals surface area contributed by atoms with Crippen LogP contribution in [0.25, 0.3) is 11.3 Å². The van der Waals surface area contributed by atoms with E-state index in [0.29, 0.717) is 5.59 Å². The zero-order chi connectivity index (χ0) is 16.8. The third kappa shape index (κ3) is 2.52. The fraction of sp³-hybridized carbons (Fsp3) is 0.333. The van der Waals surface area contributed by atoms with Crippen LogP contribution >= 0.6 is 11.3 Å². The maximum absolute atomic E-state index is 12.4. The van der Waals surface area contributed by atoms with Gasteiger partial charge in [-0.25, -0.2) is 4.99 Å². The molecule has 2 N–H and O–H groups in total. The standard InChI is InChI=1S/C15H16BN5OS/c1-8-13(22)21(3)14(17)18-15(8,2)11-6-9(7-23-11)10-4-5-12(16)20-19-10/h4-8H,1-3H3,(H2,17,18)/t8?,15-/m0/s1. The Bertz CT molecular complexity index is 787. The second-order valence-electron chi connectivity index (χ2n) is 5.78. The van der Waals surface area contributed by atoms with E-state index in [2.05, 4.69) is 15.2 Å². The predicted molar refractivity (Wildman–Crippen MR) is 91.6 cm³/mol. The highest BCUT2D eigenvalue weighted by Gasteiger charge is 2.44. The van der Waals surface area contributed by atoms with Crippen molar-refractivity contribution in [2.75, 3.05) is 7.05 Å². The van der Waals surface area contributed by atoms with Crippen molar-refractivity contribution in [3.8, 4) is 11.3 Å². The first-order valence-electron chi connectivity index (χ1n) is 7.14. The Morgan fingerprint density at radius 1 is 1.39 bits per heavy atom. The molecule has 2 aromatic rings. The van der Waals surface area contributed by atoms with Crippen LogP contribution in [-0.4, -0.2) is 41.9 Å². The molecule has 3 heterocycles. The maximum atomic E-state index is 12.4. The van der Waals surface area contributed by atoms with Crippen LogP contribution in [0.5, 0.6) is 0 Å². The largest absolute Gasteiger partial charge is 0.369 e. The van der Waals surface area contributed by atoms with E-state index in [1.54, 1.807) is 13.1 Å². The van der Waals surface area contributed by atoms with E-state index in [9.17, 15) is 4.79 Å². The third-order valence-electron chi connectivity index (χ3n) is 4.31. The monoisotopic (exact) mass is 325 g/mol. The first-order chi connectivity index (χ1) is 10.8. The van der Waals surface area contributed by atoms with Gasteiger partial charge in [0.15, 0.2) is 5.96 Å². The minimum Gasteiger partial charge on any atom is -0.369 e. The number of rotatable bonds is 2. The fourth-order valence-corrected chi connectivity index (χ4v) is 3.65. The van der Waals surface area contributed by atoms with Crippen molar-refractivity contribution in [2.45, 2.75) is 19.4 Å². The molecule has 1 aliphatic heterocycles. The summed E-state index contributed by atoms with van der Waals surface area (Å²) >= 11 is 1.53. The van der Waals surface area contributed by atoms with E-state index in [4.69, 9.17) is 13.6 Å². The highest BCUT2D eigenvalue weighted by atomic mass is 32.1. The normalized spacial score (nSPS) is 24.7. The molecule has 1 aliphatic rings. The van der Waals surface area contributed by atoms with Gasteiger partial charge in [0.25, 0.3) is 0 Å². The van der Waals surface area contributed by atoms with Crippen LogP contribution in [0, 0.1) is 5.92 Å². The maximum Gasteiger partial charge on any atom is 0.234 e. The number of hydrogen-bond acceptors (Lipinski definition) is 6. The SMILES string of the molecule is [B]c1ccc(-c2csc([C@@]3(C)N=C(N)N(C)C(=O)C3C)c2)nn1. The van der Waals surface area contributed by atoms with E-state index < -0.39 is 5.54 Å². The summed E-state index contributed by atoms with van der Waals surface area (Å²) in [6.45, 7) is 3.80. The number of aromatic nitrogens is 2. The minimum atomic E-state index is -0.683. The molecule has 23 heavy (non-hydrogen) atoms. The van der Waals surface area contributed by atoms with Crippen LogP contribution in [-0.2, 0) is 10.3 Å². The van der Waals surface area contributed by atoms with Crippen LogP contribution < -0.4 is 11.3 Å². The number of nitrogens with zero attached hydrogens (tertiary/aromatic N) is 4. The van der Waals surface area contributed by atoms with E-state index in [1.807, 2.05) is 31.4 Å². The Morgan fingerprint density at radius 2 is 2.13 bits per heavy atom. The van der Waals surface area contributed by atoms with Gasteiger partial charge >= 0.3 is 0 Å². The molecule has 0 bridgehead atoms. The summed E-state index contributed by atoms with van der Waals surface area (Å²) in [7, 11) is 7.20. The van der Waals surface area contributed by atoms with Gasteiger partial charge < -0.3 is 5.73 Å². The van der Waals surface area contributed by atoms with Crippen LogP contribution in [0.1, 0.15) is 18.7 Å². The van der Waals surface area contributed by atoms with Gasteiger partial charge in [-0.05, 0) is 25.1 Å². The number of nitrogens with two attached hydrogens (primary N) is 1. The van der Waals surface area contributed by atoms with Crippen LogP contribution in [0.2, 0.25) is 0 Å². The number of carbonyl (C=O) groups is 1. The van der Waals surface area contributed by atoms with Crippen molar-refractivity contribution in [3.63, 3.8) is 0 Å². The molecule has 8 heteroatoms. The molecule has 2 radical (unpaired) electrons. The summed E-state index contributed by atoms with van der Waals surface area (Å²) in [6.07, 6.45) is 0. The van der Waals surface area contributed by atoms with E-state index in [0.717, 1.165) is 16.1 Å². The molecule has 0 aromatic carbocycles. The lowest BCUT2D eigenvalue weighted by molar-refractivity contribution is -0.133. The highest BCUT2D eigenvalue weighted by Crippen LogP contribution is 2.41. The number of guanidine groups is 1. The van der Waals surface area contributed by atoms with E-state index >= 15 is 0 Å². The Morgan fingerprint density at radius 3 is 2.78 bits per heavy atom. The van der Waals surface area contributed by atoms with Crippen molar-refractivity contribution < 1.29 is 4.79 Å². The predicted octanol–water partition coefficient (Wildman–Crippen LogP) is 0.637. The highest BCUT2D eigenvalue weighted by molar-refractivity contribution is 7.10. The molecule has 0 saturated heterocycles. The summed E-state index contributed by atoms with van der Waals surface area (Å²) in [5.74, 6) is -0.108. The molecule has 6 nitrogen and oxygen atoms in total. The first-order valence-corrected chi connectivity index (χ1v) is 8.02. The Hall–Kier alpha value is -2.22. The van der Waals surface area contributed by atoms with Gasteiger partial charge in [-0.15, -0.1) is 11.3 Å². The minimum absolute atomic E-state index is 0.0396. The quantitative estimate of drug-likeness (QED) is 0.821. The molecule has 0 spiro atoms. The Kier molecular flexibility index (Phi) is 3.71. The van der Waals surface area contributed by atoms with E-state index in [-0.39, 0.29) is 17.8 Å². The molecule has 1 unspecified atom stereocenters. The van der Waals surface area contributed by atoms with Gasteiger partial charge in [0.1, 0.15) is 13.4 Å². The van der Waals surface area contributed by atoms with Crippen molar-refractivity contribution in [1.82, 2.24) is 15.1 Å². The second kappa shape index (κ2) is 5.45. The zero-order valence-electron chi connectivity index (χ0n) is 13.1. The molecule has 3 rings (SSSR count). The van der Waals surface area contributed by atoms with Gasteiger partial charge in [-0.3, -0.25) is 9.69 Å². The van der Waals surface area contributed by atoms with Crippen LogP contribution in [0.4, 0.5) is 0 Å². The molecular weight excluding hydrogens is 309 g/mol. The Balaban J connectivity index is 2.02. The molecule has 116 valence electrons. The van der Waals surface area contributed by atoms with Gasteiger partial charge in [-0.1, -0.05) is 6.92 Å². The van der Waals surface area contributed by atoms with Crippen molar-refractivity contribution in [2.24, 2.45) is 16.6 Å². The summed E-state index contributed by atoms with van der Waals surface area (Å²) in [5, 5.41) is 9.93. The number of thiophene rings is 1. The molecule has 0 fully saturated rings. The Labute approximate surface area is 139 Å². The van der Waals surface area contributed by atoms with Crippen molar-refractivity contribution in [3.05, 3.63) is 28.5 Å². The lowest BCUT2D eigenvalue weighted by atomic mass is 9.83.